The van der Waals surface area contributed by atoms with E-state index in [1.54, 1.807) is 12.3 Å². The van der Waals surface area contributed by atoms with Crippen LogP contribution in [0.3, 0.4) is 0 Å². The number of ether oxygens (including phenoxy) is 2. The van der Waals surface area contributed by atoms with E-state index >= 15 is 0 Å². The van der Waals surface area contributed by atoms with Gasteiger partial charge >= 0.3 is 0 Å². The Balaban J connectivity index is 1.54. The van der Waals surface area contributed by atoms with Crippen molar-refractivity contribution in [2.24, 2.45) is 0 Å². The Kier molecular flexibility index (Phi) is 4.73. The number of hydrogen-bond donors (Lipinski definition) is 0. The summed E-state index contributed by atoms with van der Waals surface area (Å²) in [5.74, 6) is 0.818. The third-order valence-electron chi connectivity index (χ3n) is 3.23. The first-order valence-corrected chi connectivity index (χ1v) is 7.22. The summed E-state index contributed by atoms with van der Waals surface area (Å²) in [7, 11) is 0. The van der Waals surface area contributed by atoms with E-state index < -0.39 is 5.82 Å². The first-order chi connectivity index (χ1) is 11.8. The van der Waals surface area contributed by atoms with Crippen LogP contribution >= 0.6 is 0 Å². The average Bonchev–Trinajstić information content (AvgIpc) is 3.14. The zero-order valence-corrected chi connectivity index (χ0v) is 12.6. The van der Waals surface area contributed by atoms with Crippen molar-refractivity contribution in [2.75, 3.05) is 13.2 Å². The highest BCUT2D eigenvalue weighted by Gasteiger charge is 2.06. The molecule has 0 aliphatic carbocycles. The Labute approximate surface area is 137 Å². The van der Waals surface area contributed by atoms with Gasteiger partial charge in [-0.1, -0.05) is 17.3 Å². The van der Waals surface area contributed by atoms with Gasteiger partial charge in [0.15, 0.2) is 17.3 Å². The van der Waals surface area contributed by atoms with Crippen molar-refractivity contribution in [3.05, 3.63) is 66.1 Å². The maximum Gasteiger partial charge on any atom is 0.166 e. The van der Waals surface area contributed by atoms with E-state index in [4.69, 9.17) is 19.3 Å². The maximum absolute atomic E-state index is 13.7. The van der Waals surface area contributed by atoms with Crippen LogP contribution in [0.5, 0.6) is 11.5 Å². The average molecular weight is 324 g/mol. The lowest BCUT2D eigenvalue weighted by Gasteiger charge is -2.09. The largest absolute Gasteiger partial charge is 0.490 e. The van der Waals surface area contributed by atoms with Crippen LogP contribution in [-0.4, -0.2) is 18.4 Å². The fourth-order valence-corrected chi connectivity index (χ4v) is 2.10. The summed E-state index contributed by atoms with van der Waals surface area (Å²) in [5, 5.41) is 12.4. The van der Waals surface area contributed by atoms with Gasteiger partial charge < -0.3 is 14.0 Å². The SMILES string of the molecule is N#Cc1ccc(OCCOc2cccc(-c3ccno3)c2)c(F)c1. The Morgan fingerprint density at radius 3 is 2.71 bits per heavy atom. The second-order valence-electron chi connectivity index (χ2n) is 4.86. The van der Waals surface area contributed by atoms with E-state index in [-0.39, 0.29) is 24.5 Å². The molecule has 6 heteroatoms. The first-order valence-electron chi connectivity index (χ1n) is 7.22. The van der Waals surface area contributed by atoms with E-state index in [1.165, 1.54) is 12.1 Å². The monoisotopic (exact) mass is 324 g/mol. The van der Waals surface area contributed by atoms with Crippen molar-refractivity contribution in [3.63, 3.8) is 0 Å². The summed E-state index contributed by atoms with van der Waals surface area (Å²) >= 11 is 0. The highest BCUT2D eigenvalue weighted by Crippen LogP contribution is 2.23. The summed E-state index contributed by atoms with van der Waals surface area (Å²) in [6.45, 7) is 0.425. The van der Waals surface area contributed by atoms with E-state index in [0.717, 1.165) is 11.6 Å². The quantitative estimate of drug-likeness (QED) is 0.645. The molecule has 120 valence electrons. The molecule has 3 aromatic rings. The van der Waals surface area contributed by atoms with Crippen LogP contribution in [0, 0.1) is 17.1 Å². The number of hydrogen-bond acceptors (Lipinski definition) is 5. The van der Waals surface area contributed by atoms with Crippen LogP contribution < -0.4 is 9.47 Å². The van der Waals surface area contributed by atoms with Gasteiger partial charge in [0.2, 0.25) is 0 Å². The van der Waals surface area contributed by atoms with Gasteiger partial charge in [-0.2, -0.15) is 5.26 Å². The van der Waals surface area contributed by atoms with Crippen LogP contribution in [0.4, 0.5) is 4.39 Å². The molecule has 2 aromatic carbocycles. The predicted molar refractivity (Wildman–Crippen MR) is 84.0 cm³/mol. The lowest BCUT2D eigenvalue weighted by molar-refractivity contribution is 0.211. The molecular weight excluding hydrogens is 311 g/mol. The molecule has 0 saturated heterocycles. The molecule has 24 heavy (non-hydrogen) atoms. The lowest BCUT2D eigenvalue weighted by atomic mass is 10.2. The number of aromatic nitrogens is 1. The molecule has 0 unspecified atom stereocenters. The van der Waals surface area contributed by atoms with E-state index in [1.807, 2.05) is 30.3 Å². The molecule has 0 aliphatic rings. The smallest absolute Gasteiger partial charge is 0.166 e. The number of nitriles is 1. The van der Waals surface area contributed by atoms with Gasteiger partial charge in [0.1, 0.15) is 19.0 Å². The van der Waals surface area contributed by atoms with Gasteiger partial charge in [0, 0.05) is 11.6 Å². The molecule has 0 N–H and O–H groups in total. The van der Waals surface area contributed by atoms with Crippen LogP contribution in [0.15, 0.2) is 59.3 Å². The van der Waals surface area contributed by atoms with Gasteiger partial charge in [-0.15, -0.1) is 0 Å². The first kappa shape index (κ1) is 15.6. The van der Waals surface area contributed by atoms with Gasteiger partial charge in [-0.05, 0) is 30.3 Å². The molecule has 0 spiro atoms. The Bertz CT molecular complexity index is 857. The van der Waals surface area contributed by atoms with Crippen molar-refractivity contribution in [1.29, 1.82) is 5.26 Å². The summed E-state index contributed by atoms with van der Waals surface area (Å²) in [6, 6.07) is 15.0. The minimum absolute atomic E-state index is 0.0908. The number of halogens is 1. The molecule has 0 fully saturated rings. The van der Waals surface area contributed by atoms with Gasteiger partial charge in [-0.3, -0.25) is 0 Å². The minimum Gasteiger partial charge on any atom is -0.490 e. The molecule has 5 nitrogen and oxygen atoms in total. The molecule has 0 atom stereocenters. The Hall–Kier alpha value is -3.33. The van der Waals surface area contributed by atoms with Crippen LogP contribution in [0.2, 0.25) is 0 Å². The maximum atomic E-state index is 13.7. The molecule has 0 saturated carbocycles. The number of nitrogens with zero attached hydrogens (tertiary/aromatic N) is 2. The third kappa shape index (κ3) is 3.70. The van der Waals surface area contributed by atoms with Crippen molar-refractivity contribution in [3.8, 4) is 28.9 Å². The molecule has 0 radical (unpaired) electrons. The summed E-state index contributed by atoms with van der Waals surface area (Å²) in [4.78, 5) is 0. The molecule has 0 bridgehead atoms. The normalized spacial score (nSPS) is 10.2. The Morgan fingerprint density at radius 1 is 1.08 bits per heavy atom. The van der Waals surface area contributed by atoms with E-state index in [2.05, 4.69) is 5.16 Å². The van der Waals surface area contributed by atoms with E-state index in [0.29, 0.717) is 11.5 Å². The molecule has 1 heterocycles. The fourth-order valence-electron chi connectivity index (χ4n) is 2.10. The van der Waals surface area contributed by atoms with Crippen LogP contribution in [-0.2, 0) is 0 Å². The molecule has 0 aliphatic heterocycles. The molecule has 3 rings (SSSR count). The standard InChI is InChI=1S/C18H13FN2O3/c19-16-10-13(12-20)4-5-18(16)23-9-8-22-15-3-1-2-14(11-15)17-6-7-21-24-17/h1-7,10-11H,8-9H2. The van der Waals surface area contributed by atoms with Crippen molar-refractivity contribution in [2.45, 2.75) is 0 Å². The van der Waals surface area contributed by atoms with Gasteiger partial charge in [0.05, 0.1) is 17.8 Å². The summed E-state index contributed by atoms with van der Waals surface area (Å²) in [5.41, 5.74) is 1.10. The van der Waals surface area contributed by atoms with Crippen LogP contribution in [0.1, 0.15) is 5.56 Å². The van der Waals surface area contributed by atoms with Crippen molar-refractivity contribution in [1.82, 2.24) is 5.16 Å². The summed E-state index contributed by atoms with van der Waals surface area (Å²) in [6.07, 6.45) is 1.57. The topological polar surface area (TPSA) is 68.3 Å². The second-order valence-corrected chi connectivity index (χ2v) is 4.86. The fraction of sp³-hybridized carbons (Fsp3) is 0.111. The van der Waals surface area contributed by atoms with Gasteiger partial charge in [0.25, 0.3) is 0 Å². The minimum atomic E-state index is -0.568. The van der Waals surface area contributed by atoms with Gasteiger partial charge in [-0.25, -0.2) is 4.39 Å². The van der Waals surface area contributed by atoms with Crippen molar-refractivity contribution >= 4 is 0 Å². The number of benzene rings is 2. The number of rotatable bonds is 6. The van der Waals surface area contributed by atoms with E-state index in [9.17, 15) is 4.39 Å². The van der Waals surface area contributed by atoms with Crippen LogP contribution in [0.25, 0.3) is 11.3 Å². The zero-order valence-electron chi connectivity index (χ0n) is 12.6. The van der Waals surface area contributed by atoms with Crippen molar-refractivity contribution < 1.29 is 18.4 Å². The predicted octanol–water partition coefficient (Wildman–Crippen LogP) is 3.81. The lowest BCUT2D eigenvalue weighted by Crippen LogP contribution is -2.09. The summed E-state index contributed by atoms with van der Waals surface area (Å²) < 4.78 is 29.7. The zero-order chi connectivity index (χ0) is 16.8. The second kappa shape index (κ2) is 7.29. The molecule has 1 aromatic heterocycles. The molecular formula is C18H13FN2O3. The highest BCUT2D eigenvalue weighted by atomic mass is 19.1. The third-order valence-corrected chi connectivity index (χ3v) is 3.23. The molecule has 0 amide bonds. The Morgan fingerprint density at radius 2 is 1.96 bits per heavy atom. The highest BCUT2D eigenvalue weighted by molar-refractivity contribution is 5.58.